The van der Waals surface area contributed by atoms with Crippen LogP contribution in [0.5, 0.6) is 0 Å². The lowest BCUT2D eigenvalue weighted by molar-refractivity contribution is 0.518. The molecule has 0 saturated carbocycles. The summed E-state index contributed by atoms with van der Waals surface area (Å²) in [7, 11) is 0.128. The fraction of sp³-hybridized carbons (Fsp3) is 0.538. The summed E-state index contributed by atoms with van der Waals surface area (Å²) in [5.74, 6) is -0.176. The van der Waals surface area contributed by atoms with Gasteiger partial charge in [0.1, 0.15) is 5.82 Å². The van der Waals surface area contributed by atoms with E-state index in [2.05, 4.69) is 18.0 Å². The number of benzene rings is 1. The molecule has 1 fully saturated rings. The van der Waals surface area contributed by atoms with Gasteiger partial charge in [0.15, 0.2) is 0 Å². The van der Waals surface area contributed by atoms with Crippen molar-refractivity contribution in [2.75, 3.05) is 23.7 Å². The first-order chi connectivity index (χ1) is 8.60. The van der Waals surface area contributed by atoms with Crippen molar-refractivity contribution in [1.29, 1.82) is 0 Å². The molecule has 0 amide bonds. The summed E-state index contributed by atoms with van der Waals surface area (Å²) in [4.78, 5) is 2.20. The average molecular weight is 283 g/mol. The molecule has 2 N–H and O–H groups in total. The summed E-state index contributed by atoms with van der Waals surface area (Å²) in [6, 6.07) is 5.05. The third kappa shape index (κ3) is 2.61. The van der Waals surface area contributed by atoms with Crippen molar-refractivity contribution in [3.05, 3.63) is 24.0 Å². The van der Waals surface area contributed by atoms with E-state index in [1.807, 2.05) is 6.07 Å². The highest BCUT2D eigenvalue weighted by atomic mass is 28.3. The minimum atomic E-state index is -0.176. The van der Waals surface area contributed by atoms with Gasteiger partial charge < -0.3 is 10.6 Å². The molecule has 0 atom stereocenters. The number of nitrogens with zero attached hydrogens (tertiary/aromatic N) is 1. The highest BCUT2D eigenvalue weighted by Gasteiger charge is 2.32. The molecule has 0 aromatic heterocycles. The zero-order valence-electron chi connectivity index (χ0n) is 11.4. The molecule has 1 aliphatic heterocycles. The molecule has 0 unspecified atom stereocenters. The second kappa shape index (κ2) is 5.44. The van der Waals surface area contributed by atoms with Crippen molar-refractivity contribution < 1.29 is 4.39 Å². The Hall–Kier alpha value is -0.816. The highest BCUT2D eigenvalue weighted by molar-refractivity contribution is 6.60. The molecule has 1 saturated heterocycles. The van der Waals surface area contributed by atoms with Gasteiger partial charge >= 0.3 is 0 Å². The molecule has 1 aromatic carbocycles. The number of anilines is 2. The van der Waals surface area contributed by atoms with Crippen LogP contribution in [0.4, 0.5) is 15.8 Å². The summed E-state index contributed by atoms with van der Waals surface area (Å²) in [6.45, 7) is 6.91. The minimum absolute atomic E-state index is 0.0640. The van der Waals surface area contributed by atoms with Gasteiger partial charge in [-0.05, 0) is 35.7 Å². The van der Waals surface area contributed by atoms with E-state index in [9.17, 15) is 4.39 Å². The summed E-state index contributed by atoms with van der Waals surface area (Å²) in [5.41, 5.74) is 6.83. The average Bonchev–Trinajstić information content (AvgIpc) is 2.39. The third-order valence-corrected chi connectivity index (χ3v) is 12.1. The van der Waals surface area contributed by atoms with Crippen LogP contribution >= 0.6 is 0 Å². The quantitative estimate of drug-likeness (QED) is 0.673. The molecule has 1 heterocycles. The largest absolute Gasteiger partial charge is 0.399 e. The molecule has 0 spiro atoms. The van der Waals surface area contributed by atoms with Crippen LogP contribution in [0.15, 0.2) is 18.2 Å². The lowest BCUT2D eigenvalue weighted by Gasteiger charge is -2.41. The Labute approximate surface area is 113 Å². The van der Waals surface area contributed by atoms with Gasteiger partial charge in [-0.2, -0.15) is 0 Å². The van der Waals surface area contributed by atoms with Crippen LogP contribution in [-0.4, -0.2) is 32.1 Å². The number of hydrogen-bond acceptors (Lipinski definition) is 2. The molecule has 5 heteroatoms. The van der Waals surface area contributed by atoms with Crippen LogP contribution < -0.4 is 10.6 Å². The Kier molecular flexibility index (Phi) is 4.12. The van der Waals surface area contributed by atoms with Gasteiger partial charge in [-0.1, -0.05) is 13.1 Å². The number of halogens is 1. The minimum Gasteiger partial charge on any atom is -0.399 e. The van der Waals surface area contributed by atoms with Gasteiger partial charge in [0.25, 0.3) is 0 Å². The molecular formula is C13H23FN2Si2. The number of hydrogen-bond donors (Lipinski definition) is 1. The predicted octanol–water partition coefficient (Wildman–Crippen LogP) is 1.56. The first-order valence-electron chi connectivity index (χ1n) is 6.90. The molecule has 18 heavy (non-hydrogen) atoms. The van der Waals surface area contributed by atoms with E-state index in [1.54, 1.807) is 6.07 Å². The summed E-state index contributed by atoms with van der Waals surface area (Å²) in [5, 5.41) is 0. The second-order valence-electron chi connectivity index (χ2n) is 5.41. The van der Waals surface area contributed by atoms with Crippen LogP contribution in [0.2, 0.25) is 17.8 Å². The standard InChI is InChI=1S/C13H23FN2Si2/c1-17-13(18-2)5-7-16(8-6-13)12-4-3-10(15)9-11(12)14/h3-4,9H,5-8,15,17-18H2,1-2H3. The topological polar surface area (TPSA) is 29.3 Å². The van der Waals surface area contributed by atoms with Gasteiger partial charge in [0, 0.05) is 37.8 Å². The summed E-state index contributed by atoms with van der Waals surface area (Å²) < 4.78 is 14.6. The van der Waals surface area contributed by atoms with Crippen molar-refractivity contribution in [3.63, 3.8) is 0 Å². The van der Waals surface area contributed by atoms with Gasteiger partial charge in [-0.25, -0.2) is 4.39 Å². The second-order valence-corrected chi connectivity index (χ2v) is 10.8. The predicted molar refractivity (Wildman–Crippen MR) is 83.8 cm³/mol. The number of rotatable bonds is 3. The summed E-state index contributed by atoms with van der Waals surface area (Å²) in [6.07, 6.45) is 2.56. The van der Waals surface area contributed by atoms with E-state index >= 15 is 0 Å². The third-order valence-electron chi connectivity index (χ3n) is 4.64. The van der Waals surface area contributed by atoms with Crippen LogP contribution in [0.3, 0.4) is 0 Å². The maximum atomic E-state index is 13.9. The van der Waals surface area contributed by atoms with Crippen molar-refractivity contribution in [2.45, 2.75) is 30.6 Å². The normalized spacial score (nSPS) is 20.3. The van der Waals surface area contributed by atoms with Crippen LogP contribution in [0, 0.1) is 5.82 Å². The Balaban J connectivity index is 2.10. The number of nitrogens with two attached hydrogens (primary N) is 1. The van der Waals surface area contributed by atoms with E-state index < -0.39 is 0 Å². The fourth-order valence-corrected chi connectivity index (χ4v) is 7.01. The molecule has 0 radical (unpaired) electrons. The Morgan fingerprint density at radius 2 is 1.83 bits per heavy atom. The van der Waals surface area contributed by atoms with Crippen LogP contribution in [0.25, 0.3) is 0 Å². The molecular weight excluding hydrogens is 259 g/mol. The van der Waals surface area contributed by atoms with Crippen molar-refractivity contribution in [1.82, 2.24) is 0 Å². The molecule has 100 valence electrons. The lowest BCUT2D eigenvalue weighted by atomic mass is 10.1. The maximum Gasteiger partial charge on any atom is 0.148 e. The fourth-order valence-electron chi connectivity index (χ4n) is 2.96. The van der Waals surface area contributed by atoms with Gasteiger partial charge in [-0.15, -0.1) is 0 Å². The Morgan fingerprint density at radius 1 is 1.22 bits per heavy atom. The Bertz CT molecular complexity index is 411. The van der Waals surface area contributed by atoms with Crippen molar-refractivity contribution in [2.24, 2.45) is 0 Å². The van der Waals surface area contributed by atoms with Crippen LogP contribution in [-0.2, 0) is 0 Å². The number of nitrogen functional groups attached to an aromatic ring is 1. The first-order valence-corrected chi connectivity index (χ1v) is 11.1. The van der Waals surface area contributed by atoms with E-state index in [-0.39, 0.29) is 24.9 Å². The zero-order chi connectivity index (χ0) is 13.2. The van der Waals surface area contributed by atoms with Crippen molar-refractivity contribution >= 4 is 30.4 Å². The molecule has 2 nitrogen and oxygen atoms in total. The highest BCUT2D eigenvalue weighted by Crippen LogP contribution is 2.38. The van der Waals surface area contributed by atoms with E-state index in [1.165, 1.54) is 18.9 Å². The SMILES string of the molecule is C[SiH2]C1([SiH2]C)CCN(c2ccc(N)cc2F)CC1. The monoisotopic (exact) mass is 282 g/mol. The number of piperidine rings is 1. The van der Waals surface area contributed by atoms with Gasteiger partial charge in [0.05, 0.1) is 5.69 Å². The van der Waals surface area contributed by atoms with Gasteiger partial charge in [0.2, 0.25) is 0 Å². The van der Waals surface area contributed by atoms with Gasteiger partial charge in [-0.3, -0.25) is 0 Å². The lowest BCUT2D eigenvalue weighted by Crippen LogP contribution is -2.41. The first kappa shape index (κ1) is 13.6. The molecule has 1 aliphatic rings. The van der Waals surface area contributed by atoms with Crippen molar-refractivity contribution in [3.8, 4) is 0 Å². The molecule has 0 aliphatic carbocycles. The molecule has 0 bridgehead atoms. The van der Waals surface area contributed by atoms with E-state index in [0.29, 0.717) is 5.69 Å². The molecule has 2 rings (SSSR count). The van der Waals surface area contributed by atoms with E-state index in [4.69, 9.17) is 5.73 Å². The maximum absolute atomic E-state index is 13.9. The van der Waals surface area contributed by atoms with Crippen LogP contribution in [0.1, 0.15) is 12.8 Å². The smallest absolute Gasteiger partial charge is 0.148 e. The molecule has 1 aromatic rings. The summed E-state index contributed by atoms with van der Waals surface area (Å²) >= 11 is 0. The zero-order valence-corrected chi connectivity index (χ0v) is 14.2. The van der Waals surface area contributed by atoms with E-state index in [0.717, 1.165) is 23.4 Å². The Morgan fingerprint density at radius 3 is 2.33 bits per heavy atom.